The monoisotopic (exact) mass is 364 g/mol. The smallest absolute Gasteiger partial charge is 0.289 e. The number of Topliss-reactive ketones (excluding diaryl/α,β-unsaturated/α-hetero) is 1. The van der Waals surface area contributed by atoms with Crippen LogP contribution in [0.25, 0.3) is 10.9 Å². The molecule has 0 radical (unpaired) electrons. The number of carbonyl (C=O) groups excluding carboxylic acids is 3. The highest BCUT2D eigenvalue weighted by Gasteiger charge is 2.39. The van der Waals surface area contributed by atoms with Gasteiger partial charge in [0.1, 0.15) is 5.25 Å². The van der Waals surface area contributed by atoms with Crippen molar-refractivity contribution in [2.24, 2.45) is 0 Å². The van der Waals surface area contributed by atoms with E-state index in [0.29, 0.717) is 5.56 Å². The third-order valence-electron chi connectivity index (χ3n) is 4.56. The van der Waals surface area contributed by atoms with Crippen LogP contribution >= 0.6 is 11.8 Å². The Labute approximate surface area is 154 Å². The molecule has 5 nitrogen and oxygen atoms in total. The lowest BCUT2D eigenvalue weighted by molar-refractivity contribution is -0.125. The van der Waals surface area contributed by atoms with Gasteiger partial charge in [0.05, 0.1) is 6.54 Å². The number of hydrogen-bond acceptors (Lipinski definition) is 4. The molecule has 2 aromatic carbocycles. The van der Waals surface area contributed by atoms with Gasteiger partial charge in [-0.2, -0.15) is 0 Å². The summed E-state index contributed by atoms with van der Waals surface area (Å²) in [7, 11) is 1.50. The molecule has 4 rings (SSSR count). The van der Waals surface area contributed by atoms with Gasteiger partial charge in [0.15, 0.2) is 5.78 Å². The first kappa shape index (κ1) is 16.6. The highest BCUT2D eigenvalue weighted by atomic mass is 32.2. The van der Waals surface area contributed by atoms with Crippen LogP contribution in [0.2, 0.25) is 0 Å². The number of nitrogens with zero attached hydrogens (tertiary/aromatic N) is 2. The Morgan fingerprint density at radius 1 is 1.04 bits per heavy atom. The number of para-hydroxylation sites is 1. The number of likely N-dealkylation sites (N-methyl/N-ethyl adjacent to an activating group) is 1. The zero-order chi connectivity index (χ0) is 18.3. The number of ketones is 1. The Balaban J connectivity index is 1.74. The number of benzene rings is 2. The third kappa shape index (κ3) is 2.72. The Morgan fingerprint density at radius 3 is 2.42 bits per heavy atom. The van der Waals surface area contributed by atoms with Crippen LogP contribution in [0.4, 0.5) is 4.79 Å². The number of aromatic nitrogens is 1. The summed E-state index contributed by atoms with van der Waals surface area (Å²) in [6.45, 7) is 0.180. The Morgan fingerprint density at radius 2 is 1.73 bits per heavy atom. The molecule has 1 aliphatic rings. The van der Waals surface area contributed by atoms with E-state index in [2.05, 4.69) is 0 Å². The average Bonchev–Trinajstić information content (AvgIpc) is 3.15. The summed E-state index contributed by atoms with van der Waals surface area (Å²) in [5.74, 6) is -0.228. The van der Waals surface area contributed by atoms with Crippen molar-refractivity contribution in [1.82, 2.24) is 9.47 Å². The molecule has 6 heteroatoms. The van der Waals surface area contributed by atoms with Gasteiger partial charge in [-0.15, -0.1) is 0 Å². The summed E-state index contributed by atoms with van der Waals surface area (Å²) in [5, 5.41) is 0.0741. The highest BCUT2D eigenvalue weighted by molar-refractivity contribution is 8.15. The maximum atomic E-state index is 12.6. The van der Waals surface area contributed by atoms with E-state index in [9.17, 15) is 14.4 Å². The molecule has 1 unspecified atom stereocenters. The number of amides is 2. The van der Waals surface area contributed by atoms with Crippen LogP contribution in [-0.2, 0) is 11.3 Å². The van der Waals surface area contributed by atoms with Crippen molar-refractivity contribution in [2.45, 2.75) is 11.8 Å². The second-order valence-electron chi connectivity index (χ2n) is 6.18. The summed E-state index contributed by atoms with van der Waals surface area (Å²) in [4.78, 5) is 38.1. The van der Waals surface area contributed by atoms with Crippen LogP contribution in [0.3, 0.4) is 0 Å². The molecule has 2 heterocycles. The molecule has 26 heavy (non-hydrogen) atoms. The van der Waals surface area contributed by atoms with Crippen LogP contribution in [0.1, 0.15) is 21.2 Å². The quantitative estimate of drug-likeness (QED) is 0.659. The number of carbonyl (C=O) groups is 3. The molecular formula is C20H16N2O3S. The Kier molecular flexibility index (Phi) is 4.12. The third-order valence-corrected chi connectivity index (χ3v) is 5.73. The predicted molar refractivity (Wildman–Crippen MR) is 101 cm³/mol. The van der Waals surface area contributed by atoms with Crippen LogP contribution in [0.15, 0.2) is 60.8 Å². The van der Waals surface area contributed by atoms with Crippen molar-refractivity contribution in [3.8, 4) is 0 Å². The van der Waals surface area contributed by atoms with E-state index < -0.39 is 5.25 Å². The molecule has 1 aromatic heterocycles. The van der Waals surface area contributed by atoms with Gasteiger partial charge in [-0.05, 0) is 17.8 Å². The average molecular weight is 364 g/mol. The number of rotatable bonds is 4. The molecule has 1 fully saturated rings. The molecule has 1 atom stereocenters. The minimum absolute atomic E-state index is 0.00324. The first-order chi connectivity index (χ1) is 12.6. The second kappa shape index (κ2) is 6.46. The van der Waals surface area contributed by atoms with E-state index in [1.807, 2.05) is 53.2 Å². The summed E-state index contributed by atoms with van der Waals surface area (Å²) >= 11 is 1.02. The molecule has 0 bridgehead atoms. The minimum Gasteiger partial charge on any atom is -0.339 e. The van der Waals surface area contributed by atoms with Gasteiger partial charge in [0.25, 0.3) is 5.24 Å². The summed E-state index contributed by atoms with van der Waals surface area (Å²) < 4.78 is 1.86. The molecule has 1 saturated heterocycles. The zero-order valence-corrected chi connectivity index (χ0v) is 14.9. The zero-order valence-electron chi connectivity index (χ0n) is 14.1. The SMILES string of the molecule is CN1C(=O)SC(c2cn(CC(=O)c3ccccc3)c3ccccc23)C1=O. The molecule has 3 aromatic rings. The fraction of sp³-hybridized carbons (Fsp3) is 0.150. The number of hydrogen-bond donors (Lipinski definition) is 0. The van der Waals surface area contributed by atoms with Gasteiger partial charge >= 0.3 is 0 Å². The van der Waals surface area contributed by atoms with E-state index >= 15 is 0 Å². The summed E-state index contributed by atoms with van der Waals surface area (Å²) in [6.07, 6.45) is 1.83. The number of fused-ring (bicyclic) bond motifs is 1. The van der Waals surface area contributed by atoms with Crippen LogP contribution in [-0.4, -0.2) is 33.4 Å². The van der Waals surface area contributed by atoms with Gasteiger partial charge in [-0.1, -0.05) is 48.5 Å². The van der Waals surface area contributed by atoms with Crippen molar-refractivity contribution >= 4 is 39.6 Å². The fourth-order valence-corrected chi connectivity index (χ4v) is 4.20. The molecule has 0 N–H and O–H groups in total. The molecule has 0 saturated carbocycles. The van der Waals surface area contributed by atoms with E-state index in [1.54, 1.807) is 12.1 Å². The topological polar surface area (TPSA) is 59.4 Å². The maximum absolute atomic E-state index is 12.6. The summed E-state index contributed by atoms with van der Waals surface area (Å²) in [5.41, 5.74) is 2.30. The molecule has 0 spiro atoms. The fourth-order valence-electron chi connectivity index (χ4n) is 3.18. The molecule has 1 aliphatic heterocycles. The van der Waals surface area contributed by atoms with E-state index in [4.69, 9.17) is 0 Å². The second-order valence-corrected chi connectivity index (χ2v) is 7.24. The van der Waals surface area contributed by atoms with Crippen molar-refractivity contribution in [2.75, 3.05) is 7.05 Å². The summed E-state index contributed by atoms with van der Waals surface area (Å²) in [6, 6.07) is 16.8. The van der Waals surface area contributed by atoms with Gasteiger partial charge < -0.3 is 4.57 Å². The lowest BCUT2D eigenvalue weighted by atomic mass is 10.1. The van der Waals surface area contributed by atoms with E-state index in [-0.39, 0.29) is 23.5 Å². The first-order valence-corrected chi connectivity index (χ1v) is 9.08. The number of imide groups is 1. The van der Waals surface area contributed by atoms with Crippen molar-refractivity contribution < 1.29 is 14.4 Å². The van der Waals surface area contributed by atoms with Gasteiger partial charge in [-0.3, -0.25) is 19.3 Å². The normalized spacial score (nSPS) is 17.3. The van der Waals surface area contributed by atoms with Crippen LogP contribution in [0, 0.1) is 0 Å². The van der Waals surface area contributed by atoms with Gasteiger partial charge in [0.2, 0.25) is 5.91 Å². The van der Waals surface area contributed by atoms with E-state index in [1.165, 1.54) is 7.05 Å². The lowest BCUT2D eigenvalue weighted by Gasteiger charge is -2.06. The maximum Gasteiger partial charge on any atom is 0.289 e. The van der Waals surface area contributed by atoms with Gasteiger partial charge in [0, 0.05) is 35.3 Å². The Bertz CT molecular complexity index is 1030. The van der Waals surface area contributed by atoms with Crippen LogP contribution < -0.4 is 0 Å². The highest BCUT2D eigenvalue weighted by Crippen LogP contribution is 2.42. The Hall–Kier alpha value is -2.86. The van der Waals surface area contributed by atoms with Crippen molar-refractivity contribution in [3.05, 3.63) is 71.9 Å². The molecule has 130 valence electrons. The first-order valence-electron chi connectivity index (χ1n) is 8.20. The van der Waals surface area contributed by atoms with Crippen LogP contribution in [0.5, 0.6) is 0 Å². The predicted octanol–water partition coefficient (Wildman–Crippen LogP) is 3.89. The van der Waals surface area contributed by atoms with Crippen molar-refractivity contribution in [1.29, 1.82) is 0 Å². The standard InChI is InChI=1S/C20H16N2O3S/c1-21-19(24)18(26-20(21)25)15-11-22(16-10-6-5-9-14(15)16)12-17(23)13-7-3-2-4-8-13/h2-11,18H,12H2,1H3. The van der Waals surface area contributed by atoms with E-state index in [0.717, 1.165) is 33.1 Å². The minimum atomic E-state index is -0.564. The number of thioether (sulfide) groups is 1. The molecule has 0 aliphatic carbocycles. The van der Waals surface area contributed by atoms with Gasteiger partial charge in [-0.25, -0.2) is 0 Å². The molecular weight excluding hydrogens is 348 g/mol. The lowest BCUT2D eigenvalue weighted by Crippen LogP contribution is -2.24. The largest absolute Gasteiger partial charge is 0.339 e. The van der Waals surface area contributed by atoms with Crippen molar-refractivity contribution in [3.63, 3.8) is 0 Å². The molecule has 2 amide bonds.